The molecule has 14 heavy (non-hydrogen) atoms. The predicted octanol–water partition coefficient (Wildman–Crippen LogP) is 3.41. The van der Waals surface area contributed by atoms with Crippen LogP contribution in [0.3, 0.4) is 0 Å². The second-order valence-electron chi connectivity index (χ2n) is 4.83. The van der Waals surface area contributed by atoms with Gasteiger partial charge in [0, 0.05) is 18.9 Å². The Morgan fingerprint density at radius 3 is 2.57 bits per heavy atom. The third-order valence-electron chi connectivity index (χ3n) is 2.88. The summed E-state index contributed by atoms with van der Waals surface area (Å²) in [6.45, 7) is 10.1. The van der Waals surface area contributed by atoms with Crippen LogP contribution < -0.4 is 0 Å². The summed E-state index contributed by atoms with van der Waals surface area (Å²) in [4.78, 5) is 4.23. The molecule has 0 bridgehead atoms. The van der Waals surface area contributed by atoms with E-state index in [-0.39, 0.29) is 0 Å². The molecule has 0 aliphatic carbocycles. The molecule has 80 valence electrons. The smallest absolute Gasteiger partial charge is 0.105 e. The number of nitrogens with zero attached hydrogens (tertiary/aromatic N) is 2. The molecule has 1 aromatic rings. The maximum atomic E-state index is 4.23. The van der Waals surface area contributed by atoms with E-state index < -0.39 is 0 Å². The molecule has 0 amide bonds. The zero-order valence-electron chi connectivity index (χ0n) is 9.88. The Bertz CT molecular complexity index is 274. The first-order valence-corrected chi connectivity index (χ1v) is 5.53. The third-order valence-corrected chi connectivity index (χ3v) is 2.88. The third kappa shape index (κ3) is 3.17. The number of aryl methyl sites for hydroxylation is 2. The molecule has 0 N–H and O–H groups in total. The molecule has 0 unspecified atom stereocenters. The Morgan fingerprint density at radius 2 is 2.07 bits per heavy atom. The lowest BCUT2D eigenvalue weighted by Crippen LogP contribution is -2.14. The van der Waals surface area contributed by atoms with Crippen LogP contribution >= 0.6 is 0 Å². The van der Waals surface area contributed by atoms with E-state index in [0.29, 0.717) is 5.41 Å². The summed E-state index contributed by atoms with van der Waals surface area (Å²) in [5, 5.41) is 0. The molecule has 0 spiro atoms. The maximum Gasteiger partial charge on any atom is 0.105 e. The Hall–Kier alpha value is -0.790. The summed E-state index contributed by atoms with van der Waals surface area (Å²) in [7, 11) is 0. The fraction of sp³-hybridized carbons (Fsp3) is 0.750. The Morgan fingerprint density at radius 1 is 1.36 bits per heavy atom. The van der Waals surface area contributed by atoms with Crippen LogP contribution in [0.5, 0.6) is 0 Å². The summed E-state index contributed by atoms with van der Waals surface area (Å²) >= 11 is 0. The minimum absolute atomic E-state index is 0.464. The molecule has 0 radical (unpaired) electrons. The molecule has 0 saturated carbocycles. The van der Waals surface area contributed by atoms with Crippen LogP contribution in [0.25, 0.3) is 0 Å². The first-order valence-electron chi connectivity index (χ1n) is 5.53. The van der Waals surface area contributed by atoms with Crippen molar-refractivity contribution < 1.29 is 0 Å². The van der Waals surface area contributed by atoms with Gasteiger partial charge in [-0.05, 0) is 25.2 Å². The highest BCUT2D eigenvalue weighted by molar-refractivity contribution is 4.88. The van der Waals surface area contributed by atoms with Crippen LogP contribution in [0.15, 0.2) is 12.4 Å². The normalized spacial score (nSPS) is 12.0. The summed E-state index contributed by atoms with van der Waals surface area (Å²) in [5.41, 5.74) is 0.464. The molecule has 2 nitrogen and oxygen atoms in total. The van der Waals surface area contributed by atoms with Gasteiger partial charge in [0.25, 0.3) is 0 Å². The summed E-state index contributed by atoms with van der Waals surface area (Å²) < 4.78 is 2.23. The molecule has 0 aromatic carbocycles. The van der Waals surface area contributed by atoms with Crippen molar-refractivity contribution >= 4 is 0 Å². The van der Waals surface area contributed by atoms with Gasteiger partial charge in [0.15, 0.2) is 0 Å². The summed E-state index contributed by atoms with van der Waals surface area (Å²) in [6.07, 6.45) is 7.76. The standard InChI is InChI=1S/C12H22N2/c1-5-6-12(3,4)7-9-14-10-8-13-11(14)2/h8,10H,5-7,9H2,1-4H3. The predicted molar refractivity (Wildman–Crippen MR) is 60.3 cm³/mol. The van der Waals surface area contributed by atoms with E-state index in [0.717, 1.165) is 12.4 Å². The van der Waals surface area contributed by atoms with Crippen molar-refractivity contribution in [1.82, 2.24) is 9.55 Å². The highest BCUT2D eigenvalue weighted by Crippen LogP contribution is 2.27. The zero-order valence-corrected chi connectivity index (χ0v) is 9.88. The van der Waals surface area contributed by atoms with Gasteiger partial charge in [-0.2, -0.15) is 0 Å². The topological polar surface area (TPSA) is 17.8 Å². The van der Waals surface area contributed by atoms with Crippen LogP contribution in [0.4, 0.5) is 0 Å². The molecule has 1 heterocycles. The fourth-order valence-corrected chi connectivity index (χ4v) is 1.86. The lowest BCUT2D eigenvalue weighted by Gasteiger charge is -2.24. The first kappa shape index (κ1) is 11.3. The SMILES string of the molecule is CCCC(C)(C)CCn1ccnc1C. The molecule has 1 rings (SSSR count). The number of hydrogen-bond donors (Lipinski definition) is 0. The van der Waals surface area contributed by atoms with Crippen LogP contribution in [0, 0.1) is 12.3 Å². The largest absolute Gasteiger partial charge is 0.335 e. The van der Waals surface area contributed by atoms with Gasteiger partial charge in [0.1, 0.15) is 5.82 Å². The fourth-order valence-electron chi connectivity index (χ4n) is 1.86. The minimum Gasteiger partial charge on any atom is -0.335 e. The Kier molecular flexibility index (Phi) is 3.73. The Labute approximate surface area is 87.4 Å². The van der Waals surface area contributed by atoms with Crippen molar-refractivity contribution in [3.63, 3.8) is 0 Å². The van der Waals surface area contributed by atoms with Gasteiger partial charge in [-0.15, -0.1) is 0 Å². The van der Waals surface area contributed by atoms with Crippen molar-refractivity contribution in [2.75, 3.05) is 0 Å². The van der Waals surface area contributed by atoms with E-state index in [9.17, 15) is 0 Å². The molecule has 0 fully saturated rings. The highest BCUT2D eigenvalue weighted by atomic mass is 15.0. The lowest BCUT2D eigenvalue weighted by atomic mass is 9.84. The second-order valence-corrected chi connectivity index (χ2v) is 4.83. The van der Waals surface area contributed by atoms with E-state index in [4.69, 9.17) is 0 Å². The summed E-state index contributed by atoms with van der Waals surface area (Å²) in [6, 6.07) is 0. The van der Waals surface area contributed by atoms with Gasteiger partial charge in [0.2, 0.25) is 0 Å². The van der Waals surface area contributed by atoms with E-state index in [1.807, 2.05) is 6.20 Å². The summed E-state index contributed by atoms with van der Waals surface area (Å²) in [5.74, 6) is 1.12. The number of imidazole rings is 1. The van der Waals surface area contributed by atoms with Crippen LogP contribution in [-0.2, 0) is 6.54 Å². The highest BCUT2D eigenvalue weighted by Gasteiger charge is 2.16. The van der Waals surface area contributed by atoms with Crippen LogP contribution in [0.2, 0.25) is 0 Å². The molecule has 0 aliphatic heterocycles. The molecular weight excluding hydrogens is 172 g/mol. The zero-order chi connectivity index (χ0) is 10.6. The van der Waals surface area contributed by atoms with Gasteiger partial charge in [-0.3, -0.25) is 0 Å². The van der Waals surface area contributed by atoms with E-state index in [1.54, 1.807) is 0 Å². The lowest BCUT2D eigenvalue weighted by molar-refractivity contribution is 0.285. The minimum atomic E-state index is 0.464. The van der Waals surface area contributed by atoms with E-state index in [2.05, 4.69) is 43.4 Å². The maximum absolute atomic E-state index is 4.23. The average molecular weight is 194 g/mol. The van der Waals surface area contributed by atoms with Crippen LogP contribution in [-0.4, -0.2) is 9.55 Å². The molecular formula is C12H22N2. The van der Waals surface area contributed by atoms with E-state index in [1.165, 1.54) is 19.3 Å². The second kappa shape index (κ2) is 4.63. The Balaban J connectivity index is 2.44. The molecule has 0 atom stereocenters. The number of aromatic nitrogens is 2. The van der Waals surface area contributed by atoms with Gasteiger partial charge < -0.3 is 4.57 Å². The van der Waals surface area contributed by atoms with Crippen molar-refractivity contribution in [3.05, 3.63) is 18.2 Å². The first-order chi connectivity index (χ1) is 6.55. The monoisotopic (exact) mass is 194 g/mol. The van der Waals surface area contributed by atoms with Crippen molar-refractivity contribution in [2.45, 2.75) is 53.5 Å². The molecule has 0 aliphatic rings. The van der Waals surface area contributed by atoms with Crippen LogP contribution in [0.1, 0.15) is 45.9 Å². The molecule has 2 heteroatoms. The van der Waals surface area contributed by atoms with Gasteiger partial charge >= 0.3 is 0 Å². The van der Waals surface area contributed by atoms with Crippen molar-refractivity contribution in [2.24, 2.45) is 5.41 Å². The molecule has 0 saturated heterocycles. The van der Waals surface area contributed by atoms with Gasteiger partial charge in [0.05, 0.1) is 0 Å². The van der Waals surface area contributed by atoms with E-state index >= 15 is 0 Å². The molecule has 1 aromatic heterocycles. The van der Waals surface area contributed by atoms with Gasteiger partial charge in [-0.1, -0.05) is 27.2 Å². The quantitative estimate of drug-likeness (QED) is 0.702. The average Bonchev–Trinajstić information content (AvgIpc) is 2.48. The number of rotatable bonds is 5. The number of hydrogen-bond acceptors (Lipinski definition) is 1. The van der Waals surface area contributed by atoms with Crippen molar-refractivity contribution in [1.29, 1.82) is 0 Å². The van der Waals surface area contributed by atoms with Crippen molar-refractivity contribution in [3.8, 4) is 0 Å². The van der Waals surface area contributed by atoms with Gasteiger partial charge in [-0.25, -0.2) is 4.98 Å².